The molecule has 0 aliphatic heterocycles. The largest absolute Gasteiger partial charge is 0.311 e. The standard InChI is InChI=1S/C18H17NO/c1-12-7-6-8-13(2)18(12)15-11-17(20)19(3)16-10-5-4-9-14(15)16/h4-11H,1-3H3. The topological polar surface area (TPSA) is 22.0 Å². The molecule has 100 valence electrons. The second-order valence-electron chi connectivity index (χ2n) is 5.24. The summed E-state index contributed by atoms with van der Waals surface area (Å²) in [4.78, 5) is 12.2. The van der Waals surface area contributed by atoms with Gasteiger partial charge in [-0.3, -0.25) is 4.79 Å². The van der Waals surface area contributed by atoms with E-state index >= 15 is 0 Å². The summed E-state index contributed by atoms with van der Waals surface area (Å²) in [6.07, 6.45) is 0. The second-order valence-corrected chi connectivity index (χ2v) is 5.24. The van der Waals surface area contributed by atoms with Crippen molar-refractivity contribution in [3.63, 3.8) is 0 Å². The minimum atomic E-state index is 0.0290. The molecule has 3 rings (SSSR count). The van der Waals surface area contributed by atoms with Crippen LogP contribution in [0.15, 0.2) is 53.3 Å². The van der Waals surface area contributed by atoms with Gasteiger partial charge < -0.3 is 4.57 Å². The second kappa shape index (κ2) is 4.64. The minimum Gasteiger partial charge on any atom is -0.311 e. The van der Waals surface area contributed by atoms with Gasteiger partial charge in [0, 0.05) is 18.5 Å². The Hall–Kier alpha value is -2.35. The highest BCUT2D eigenvalue weighted by atomic mass is 16.1. The zero-order valence-electron chi connectivity index (χ0n) is 12.0. The zero-order valence-corrected chi connectivity index (χ0v) is 12.0. The van der Waals surface area contributed by atoms with Gasteiger partial charge in [-0.2, -0.15) is 0 Å². The van der Waals surface area contributed by atoms with Crippen LogP contribution in [0.3, 0.4) is 0 Å². The highest BCUT2D eigenvalue weighted by molar-refractivity contribution is 5.96. The Morgan fingerprint density at radius 1 is 0.900 bits per heavy atom. The van der Waals surface area contributed by atoms with Crippen LogP contribution < -0.4 is 5.56 Å². The number of aromatic nitrogens is 1. The number of aryl methyl sites for hydroxylation is 3. The van der Waals surface area contributed by atoms with Gasteiger partial charge in [0.05, 0.1) is 5.52 Å². The number of pyridine rings is 1. The molecule has 0 radical (unpaired) electrons. The van der Waals surface area contributed by atoms with Crippen molar-refractivity contribution in [2.75, 3.05) is 0 Å². The van der Waals surface area contributed by atoms with Crippen molar-refractivity contribution in [3.8, 4) is 11.1 Å². The monoisotopic (exact) mass is 263 g/mol. The van der Waals surface area contributed by atoms with E-state index in [1.165, 1.54) is 16.7 Å². The summed E-state index contributed by atoms with van der Waals surface area (Å²) in [7, 11) is 1.82. The van der Waals surface area contributed by atoms with E-state index in [0.29, 0.717) is 0 Å². The van der Waals surface area contributed by atoms with Crippen LogP contribution >= 0.6 is 0 Å². The highest BCUT2D eigenvalue weighted by Crippen LogP contribution is 2.31. The molecule has 1 aromatic heterocycles. The molecule has 1 heterocycles. The molecular formula is C18H17NO. The van der Waals surface area contributed by atoms with Crippen molar-refractivity contribution in [1.29, 1.82) is 0 Å². The van der Waals surface area contributed by atoms with Gasteiger partial charge in [0.15, 0.2) is 0 Å². The zero-order chi connectivity index (χ0) is 14.3. The van der Waals surface area contributed by atoms with Crippen LogP contribution in [-0.4, -0.2) is 4.57 Å². The van der Waals surface area contributed by atoms with E-state index in [1.807, 2.05) is 25.2 Å². The third-order valence-corrected chi connectivity index (χ3v) is 3.90. The molecule has 0 N–H and O–H groups in total. The summed E-state index contributed by atoms with van der Waals surface area (Å²) in [5, 5.41) is 1.12. The first-order valence-electron chi connectivity index (χ1n) is 6.75. The predicted molar refractivity (Wildman–Crippen MR) is 84.1 cm³/mol. The molecule has 20 heavy (non-hydrogen) atoms. The summed E-state index contributed by atoms with van der Waals surface area (Å²) in [6, 6.07) is 16.0. The van der Waals surface area contributed by atoms with E-state index in [-0.39, 0.29) is 5.56 Å². The van der Waals surface area contributed by atoms with Crippen molar-refractivity contribution in [1.82, 2.24) is 4.57 Å². The summed E-state index contributed by atoms with van der Waals surface area (Å²) in [5.74, 6) is 0. The lowest BCUT2D eigenvalue weighted by Crippen LogP contribution is -2.16. The number of benzene rings is 2. The summed E-state index contributed by atoms with van der Waals surface area (Å²) in [6.45, 7) is 4.18. The van der Waals surface area contributed by atoms with Gasteiger partial charge in [0.25, 0.3) is 5.56 Å². The first-order chi connectivity index (χ1) is 9.59. The molecule has 0 spiro atoms. The summed E-state index contributed by atoms with van der Waals surface area (Å²) >= 11 is 0. The van der Waals surface area contributed by atoms with Gasteiger partial charge in [-0.15, -0.1) is 0 Å². The smallest absolute Gasteiger partial charge is 0.251 e. The Morgan fingerprint density at radius 3 is 2.25 bits per heavy atom. The van der Waals surface area contributed by atoms with Gasteiger partial charge >= 0.3 is 0 Å². The van der Waals surface area contributed by atoms with E-state index in [1.54, 1.807) is 10.6 Å². The van der Waals surface area contributed by atoms with Gasteiger partial charge in [0.2, 0.25) is 0 Å². The fourth-order valence-electron chi connectivity index (χ4n) is 2.86. The average Bonchev–Trinajstić information content (AvgIpc) is 2.44. The third-order valence-electron chi connectivity index (χ3n) is 3.90. The van der Waals surface area contributed by atoms with E-state index < -0.39 is 0 Å². The van der Waals surface area contributed by atoms with Crippen molar-refractivity contribution in [2.45, 2.75) is 13.8 Å². The fraction of sp³-hybridized carbons (Fsp3) is 0.167. The maximum atomic E-state index is 12.2. The molecule has 0 fully saturated rings. The van der Waals surface area contributed by atoms with E-state index in [9.17, 15) is 4.79 Å². The molecule has 0 aliphatic carbocycles. The molecule has 0 aliphatic rings. The van der Waals surface area contributed by atoms with Crippen LogP contribution in [0.2, 0.25) is 0 Å². The molecule has 0 saturated carbocycles. The molecule has 2 nitrogen and oxygen atoms in total. The van der Waals surface area contributed by atoms with Crippen LogP contribution in [0, 0.1) is 13.8 Å². The first kappa shape index (κ1) is 12.7. The first-order valence-corrected chi connectivity index (χ1v) is 6.75. The molecule has 2 heteroatoms. The van der Waals surface area contributed by atoms with Crippen LogP contribution in [0.4, 0.5) is 0 Å². The Bertz CT molecular complexity index is 839. The van der Waals surface area contributed by atoms with Crippen molar-refractivity contribution in [2.24, 2.45) is 7.05 Å². The average molecular weight is 263 g/mol. The predicted octanol–water partition coefficient (Wildman–Crippen LogP) is 3.82. The van der Waals surface area contributed by atoms with Crippen LogP contribution in [0.25, 0.3) is 22.0 Å². The van der Waals surface area contributed by atoms with Gasteiger partial charge in [-0.05, 0) is 42.2 Å². The number of hydrogen-bond acceptors (Lipinski definition) is 1. The van der Waals surface area contributed by atoms with Crippen LogP contribution in [-0.2, 0) is 7.05 Å². The Kier molecular flexibility index (Phi) is 2.94. The third kappa shape index (κ3) is 1.85. The molecule has 0 atom stereocenters. The van der Waals surface area contributed by atoms with Crippen LogP contribution in [0.1, 0.15) is 11.1 Å². The molecular weight excluding hydrogens is 246 g/mol. The Morgan fingerprint density at radius 2 is 1.55 bits per heavy atom. The molecule has 2 aromatic carbocycles. The van der Waals surface area contributed by atoms with Crippen LogP contribution in [0.5, 0.6) is 0 Å². The fourth-order valence-corrected chi connectivity index (χ4v) is 2.86. The van der Waals surface area contributed by atoms with Crippen molar-refractivity contribution < 1.29 is 0 Å². The summed E-state index contributed by atoms with van der Waals surface area (Å²) in [5.41, 5.74) is 5.59. The number of hydrogen-bond donors (Lipinski definition) is 0. The maximum Gasteiger partial charge on any atom is 0.251 e. The van der Waals surface area contributed by atoms with Gasteiger partial charge in [0.1, 0.15) is 0 Å². The molecule has 0 bridgehead atoms. The maximum absolute atomic E-state index is 12.2. The van der Waals surface area contributed by atoms with Gasteiger partial charge in [-0.1, -0.05) is 36.4 Å². The molecule has 0 amide bonds. The van der Waals surface area contributed by atoms with E-state index in [4.69, 9.17) is 0 Å². The quantitative estimate of drug-likeness (QED) is 0.654. The lowest BCUT2D eigenvalue weighted by Gasteiger charge is -2.14. The normalized spacial score (nSPS) is 10.9. The Balaban J connectivity index is 2.50. The lowest BCUT2D eigenvalue weighted by atomic mass is 9.93. The molecule has 3 aromatic rings. The lowest BCUT2D eigenvalue weighted by molar-refractivity contribution is 0.907. The van der Waals surface area contributed by atoms with Crippen molar-refractivity contribution in [3.05, 3.63) is 70.0 Å². The van der Waals surface area contributed by atoms with Gasteiger partial charge in [-0.25, -0.2) is 0 Å². The molecule has 0 saturated heterocycles. The molecule has 0 unspecified atom stereocenters. The van der Waals surface area contributed by atoms with E-state index in [0.717, 1.165) is 16.5 Å². The number of nitrogens with zero attached hydrogens (tertiary/aromatic N) is 1. The number of rotatable bonds is 1. The minimum absolute atomic E-state index is 0.0290. The summed E-state index contributed by atoms with van der Waals surface area (Å²) < 4.78 is 1.70. The SMILES string of the molecule is Cc1cccc(C)c1-c1cc(=O)n(C)c2ccccc12. The van der Waals surface area contributed by atoms with Crippen molar-refractivity contribution >= 4 is 10.9 Å². The number of para-hydroxylation sites is 1. The highest BCUT2D eigenvalue weighted by Gasteiger charge is 2.11. The number of fused-ring (bicyclic) bond motifs is 1. The van der Waals surface area contributed by atoms with E-state index in [2.05, 4.69) is 38.1 Å². The Labute approximate surface area is 118 Å².